The van der Waals surface area contributed by atoms with E-state index in [1.165, 1.54) is 0 Å². The van der Waals surface area contributed by atoms with Crippen molar-refractivity contribution in [3.63, 3.8) is 0 Å². The lowest BCUT2D eigenvalue weighted by atomic mass is 9.90. The summed E-state index contributed by atoms with van der Waals surface area (Å²) in [5, 5.41) is 3.26. The van der Waals surface area contributed by atoms with Crippen molar-refractivity contribution in [1.82, 2.24) is 5.32 Å². The monoisotopic (exact) mass is 263 g/mol. The van der Waals surface area contributed by atoms with E-state index in [1.807, 2.05) is 31.2 Å². The Labute approximate surface area is 114 Å². The molecule has 0 saturated carbocycles. The smallest absolute Gasteiger partial charge is 0.319 e. The maximum atomic E-state index is 11.4. The molecule has 19 heavy (non-hydrogen) atoms. The highest BCUT2D eigenvalue weighted by Gasteiger charge is 2.33. The molecule has 0 fully saturated rings. The summed E-state index contributed by atoms with van der Waals surface area (Å²) in [6, 6.07) is 8.06. The van der Waals surface area contributed by atoms with E-state index in [0.29, 0.717) is 6.61 Å². The molecule has 1 unspecified atom stereocenters. The lowest BCUT2D eigenvalue weighted by molar-refractivity contribution is -0.142. The summed E-state index contributed by atoms with van der Waals surface area (Å²) in [4.78, 5) is 11.4. The first-order valence-electron chi connectivity index (χ1n) is 6.69. The molecule has 1 aromatic rings. The van der Waals surface area contributed by atoms with E-state index in [2.05, 4.69) is 19.2 Å². The summed E-state index contributed by atoms with van der Waals surface area (Å²) in [6.07, 6.45) is 0.823. The summed E-state index contributed by atoms with van der Waals surface area (Å²) in [5.74, 6) is 0.671. The van der Waals surface area contributed by atoms with Gasteiger partial charge < -0.3 is 9.47 Å². The normalized spacial score (nSPS) is 20.3. The molecule has 104 valence electrons. The van der Waals surface area contributed by atoms with Gasteiger partial charge in [0.15, 0.2) is 0 Å². The quantitative estimate of drug-likeness (QED) is 0.848. The fourth-order valence-electron chi connectivity index (χ4n) is 2.40. The van der Waals surface area contributed by atoms with Gasteiger partial charge in [0, 0.05) is 18.0 Å². The number of hydrogen-bond donors (Lipinski definition) is 1. The Morgan fingerprint density at radius 3 is 2.95 bits per heavy atom. The zero-order valence-electron chi connectivity index (χ0n) is 11.7. The van der Waals surface area contributed by atoms with Gasteiger partial charge in [0.2, 0.25) is 0 Å². The van der Waals surface area contributed by atoms with Gasteiger partial charge >= 0.3 is 5.97 Å². The van der Waals surface area contributed by atoms with Crippen LogP contribution >= 0.6 is 0 Å². The molecule has 4 heteroatoms. The number of esters is 1. The summed E-state index contributed by atoms with van der Waals surface area (Å²) >= 11 is 0. The summed E-state index contributed by atoms with van der Waals surface area (Å²) in [6.45, 7) is 6.56. The van der Waals surface area contributed by atoms with Crippen LogP contribution in [0.15, 0.2) is 24.3 Å². The SMILES string of the molecule is CCOC(=O)CNC1CC(C)(C)Oc2ccccc21. The number of benzene rings is 1. The second-order valence-corrected chi connectivity index (χ2v) is 5.34. The van der Waals surface area contributed by atoms with Crippen molar-refractivity contribution in [3.8, 4) is 5.75 Å². The zero-order chi connectivity index (χ0) is 13.9. The van der Waals surface area contributed by atoms with Gasteiger partial charge in [0.25, 0.3) is 0 Å². The number of para-hydroxylation sites is 1. The van der Waals surface area contributed by atoms with Crippen LogP contribution in [0.2, 0.25) is 0 Å². The van der Waals surface area contributed by atoms with E-state index in [4.69, 9.17) is 9.47 Å². The van der Waals surface area contributed by atoms with E-state index in [0.717, 1.165) is 17.7 Å². The number of carbonyl (C=O) groups excluding carboxylic acids is 1. The molecule has 0 spiro atoms. The van der Waals surface area contributed by atoms with Gasteiger partial charge in [-0.1, -0.05) is 18.2 Å². The Hall–Kier alpha value is -1.55. The Bertz CT molecular complexity index is 456. The van der Waals surface area contributed by atoms with Crippen molar-refractivity contribution in [2.24, 2.45) is 0 Å². The van der Waals surface area contributed by atoms with Gasteiger partial charge in [-0.05, 0) is 26.8 Å². The number of carbonyl (C=O) groups is 1. The molecule has 1 aromatic carbocycles. The second kappa shape index (κ2) is 5.61. The molecule has 0 bridgehead atoms. The van der Waals surface area contributed by atoms with Crippen LogP contribution in [0.1, 0.15) is 38.8 Å². The Balaban J connectivity index is 2.09. The van der Waals surface area contributed by atoms with Crippen molar-refractivity contribution in [2.75, 3.05) is 13.2 Å². The second-order valence-electron chi connectivity index (χ2n) is 5.34. The Morgan fingerprint density at radius 2 is 2.21 bits per heavy atom. The van der Waals surface area contributed by atoms with E-state index in [1.54, 1.807) is 0 Å². The Kier molecular flexibility index (Phi) is 4.10. The molecule has 0 aromatic heterocycles. The number of hydrogen-bond acceptors (Lipinski definition) is 4. The minimum absolute atomic E-state index is 0.115. The molecule has 1 aliphatic heterocycles. The molecule has 1 heterocycles. The molecule has 4 nitrogen and oxygen atoms in total. The number of rotatable bonds is 4. The average Bonchev–Trinajstić information content (AvgIpc) is 2.35. The molecule has 0 aliphatic carbocycles. The van der Waals surface area contributed by atoms with Crippen LogP contribution in [0.25, 0.3) is 0 Å². The highest BCUT2D eigenvalue weighted by atomic mass is 16.5. The van der Waals surface area contributed by atoms with Crippen molar-refractivity contribution in [2.45, 2.75) is 38.8 Å². The maximum Gasteiger partial charge on any atom is 0.319 e. The first-order valence-corrected chi connectivity index (χ1v) is 6.69. The van der Waals surface area contributed by atoms with Crippen LogP contribution in [-0.2, 0) is 9.53 Å². The molecule has 0 saturated heterocycles. The molecule has 0 amide bonds. The van der Waals surface area contributed by atoms with Gasteiger partial charge in [-0.2, -0.15) is 0 Å². The number of ether oxygens (including phenoxy) is 2. The highest BCUT2D eigenvalue weighted by molar-refractivity contribution is 5.71. The largest absolute Gasteiger partial charge is 0.487 e. The molecule has 1 N–H and O–H groups in total. The highest BCUT2D eigenvalue weighted by Crippen LogP contribution is 2.38. The lowest BCUT2D eigenvalue weighted by Crippen LogP contribution is -2.41. The predicted molar refractivity (Wildman–Crippen MR) is 73.1 cm³/mol. The van der Waals surface area contributed by atoms with Gasteiger partial charge in [0.05, 0.1) is 13.2 Å². The summed E-state index contributed by atoms with van der Waals surface area (Å²) < 4.78 is 10.9. The number of nitrogens with one attached hydrogen (secondary N) is 1. The van der Waals surface area contributed by atoms with Crippen LogP contribution in [0.4, 0.5) is 0 Å². The summed E-state index contributed by atoms with van der Waals surface area (Å²) in [5.41, 5.74) is 0.867. The van der Waals surface area contributed by atoms with E-state index >= 15 is 0 Å². The molecule has 2 rings (SSSR count). The van der Waals surface area contributed by atoms with Gasteiger partial charge in [0.1, 0.15) is 11.4 Å². The lowest BCUT2D eigenvalue weighted by Gasteiger charge is -2.37. The van der Waals surface area contributed by atoms with E-state index in [-0.39, 0.29) is 24.2 Å². The summed E-state index contributed by atoms with van der Waals surface area (Å²) in [7, 11) is 0. The molecule has 1 aliphatic rings. The topological polar surface area (TPSA) is 47.6 Å². The predicted octanol–water partition coefficient (Wildman–Crippen LogP) is 2.44. The minimum Gasteiger partial charge on any atom is -0.487 e. The third kappa shape index (κ3) is 3.47. The van der Waals surface area contributed by atoms with Crippen LogP contribution < -0.4 is 10.1 Å². The molecule has 1 atom stereocenters. The zero-order valence-corrected chi connectivity index (χ0v) is 11.7. The van der Waals surface area contributed by atoms with Crippen molar-refractivity contribution in [3.05, 3.63) is 29.8 Å². The van der Waals surface area contributed by atoms with E-state index in [9.17, 15) is 4.79 Å². The van der Waals surface area contributed by atoms with Gasteiger partial charge in [-0.15, -0.1) is 0 Å². The fraction of sp³-hybridized carbons (Fsp3) is 0.533. The third-order valence-electron chi connectivity index (χ3n) is 3.17. The molecular formula is C15H21NO3. The van der Waals surface area contributed by atoms with Crippen LogP contribution in [0, 0.1) is 0 Å². The first kappa shape index (κ1) is 13.9. The standard InChI is InChI=1S/C15H21NO3/c1-4-18-14(17)10-16-12-9-15(2,3)19-13-8-6-5-7-11(12)13/h5-8,12,16H,4,9-10H2,1-3H3. The Morgan fingerprint density at radius 1 is 1.47 bits per heavy atom. The van der Waals surface area contributed by atoms with Crippen LogP contribution in [0.3, 0.4) is 0 Å². The van der Waals surface area contributed by atoms with Gasteiger partial charge in [-0.25, -0.2) is 0 Å². The minimum atomic E-state index is -0.235. The molecule has 0 radical (unpaired) electrons. The molecular weight excluding hydrogens is 242 g/mol. The van der Waals surface area contributed by atoms with Gasteiger partial charge in [-0.3, -0.25) is 10.1 Å². The van der Waals surface area contributed by atoms with Crippen molar-refractivity contribution in [1.29, 1.82) is 0 Å². The first-order chi connectivity index (χ1) is 9.02. The van der Waals surface area contributed by atoms with E-state index < -0.39 is 0 Å². The van der Waals surface area contributed by atoms with Crippen LogP contribution in [-0.4, -0.2) is 24.7 Å². The third-order valence-corrected chi connectivity index (χ3v) is 3.17. The van der Waals surface area contributed by atoms with Crippen molar-refractivity contribution >= 4 is 5.97 Å². The van der Waals surface area contributed by atoms with Crippen LogP contribution in [0.5, 0.6) is 5.75 Å². The average molecular weight is 263 g/mol. The van der Waals surface area contributed by atoms with Crippen molar-refractivity contribution < 1.29 is 14.3 Å². The number of fused-ring (bicyclic) bond motifs is 1. The fourth-order valence-corrected chi connectivity index (χ4v) is 2.40. The maximum absolute atomic E-state index is 11.4.